The summed E-state index contributed by atoms with van der Waals surface area (Å²) >= 11 is 0. The molecule has 4 nitrogen and oxygen atoms in total. The van der Waals surface area contributed by atoms with E-state index < -0.39 is 22.3 Å². The zero-order valence-corrected chi connectivity index (χ0v) is 10.5. The fourth-order valence-corrected chi connectivity index (χ4v) is 2.19. The minimum Gasteiger partial charge on any atom is -0.264 e. The zero-order valence-electron chi connectivity index (χ0n) is 9.73. The van der Waals surface area contributed by atoms with Gasteiger partial charge in [0.15, 0.2) is 0 Å². The van der Waals surface area contributed by atoms with Gasteiger partial charge in [-0.3, -0.25) is 4.55 Å². The molecule has 100 valence electrons. The van der Waals surface area contributed by atoms with E-state index in [1.54, 1.807) is 30.3 Å². The SMILES string of the molecule is O=S(=O)(O)OC(c1ccccc1)c1cccc(F)c1. The summed E-state index contributed by atoms with van der Waals surface area (Å²) in [6.07, 6.45) is -1.09. The number of hydrogen-bond acceptors (Lipinski definition) is 3. The molecule has 0 aliphatic rings. The molecule has 2 aromatic rings. The van der Waals surface area contributed by atoms with Gasteiger partial charge in [-0.15, -0.1) is 0 Å². The molecule has 2 aromatic carbocycles. The van der Waals surface area contributed by atoms with Gasteiger partial charge in [0, 0.05) is 0 Å². The third-order valence-corrected chi connectivity index (χ3v) is 2.91. The summed E-state index contributed by atoms with van der Waals surface area (Å²) in [7, 11) is -4.65. The van der Waals surface area contributed by atoms with E-state index in [-0.39, 0.29) is 0 Å². The molecule has 0 saturated heterocycles. The molecule has 0 aliphatic carbocycles. The monoisotopic (exact) mass is 282 g/mol. The Kier molecular flexibility index (Phi) is 3.94. The van der Waals surface area contributed by atoms with Crippen molar-refractivity contribution in [2.75, 3.05) is 0 Å². The Morgan fingerprint density at radius 3 is 2.21 bits per heavy atom. The van der Waals surface area contributed by atoms with Gasteiger partial charge in [0.1, 0.15) is 11.9 Å². The van der Waals surface area contributed by atoms with Crippen molar-refractivity contribution in [3.05, 3.63) is 71.5 Å². The standard InChI is InChI=1S/C13H11FO4S/c14-12-8-4-7-11(9-12)13(18-19(15,16)17)10-5-2-1-3-6-10/h1-9,13H,(H,15,16,17). The Bertz CT molecular complexity index is 655. The van der Waals surface area contributed by atoms with Crippen molar-refractivity contribution in [2.24, 2.45) is 0 Å². The predicted molar refractivity (Wildman–Crippen MR) is 67.3 cm³/mol. The number of halogens is 1. The first-order valence-electron chi connectivity index (χ1n) is 5.42. The molecule has 6 heteroatoms. The number of hydrogen-bond donors (Lipinski definition) is 1. The van der Waals surface area contributed by atoms with Crippen LogP contribution < -0.4 is 0 Å². The van der Waals surface area contributed by atoms with Crippen molar-refractivity contribution in [1.82, 2.24) is 0 Å². The van der Waals surface area contributed by atoms with Crippen LogP contribution in [-0.2, 0) is 14.6 Å². The Morgan fingerprint density at radius 2 is 1.63 bits per heavy atom. The van der Waals surface area contributed by atoms with Crippen molar-refractivity contribution < 1.29 is 21.5 Å². The number of rotatable bonds is 4. The molecule has 0 bridgehead atoms. The molecule has 1 atom stereocenters. The van der Waals surface area contributed by atoms with Crippen molar-refractivity contribution in [2.45, 2.75) is 6.10 Å². The van der Waals surface area contributed by atoms with Gasteiger partial charge in [0.25, 0.3) is 0 Å². The molecule has 0 amide bonds. The second-order valence-corrected chi connectivity index (χ2v) is 4.92. The van der Waals surface area contributed by atoms with Crippen LogP contribution in [0.1, 0.15) is 17.2 Å². The van der Waals surface area contributed by atoms with E-state index in [1.807, 2.05) is 0 Å². The minimum absolute atomic E-state index is 0.295. The fraction of sp³-hybridized carbons (Fsp3) is 0.0769. The Balaban J connectivity index is 2.46. The molecule has 0 saturated carbocycles. The Labute approximate surface area is 110 Å². The fourth-order valence-electron chi connectivity index (χ4n) is 1.72. The molecule has 0 fully saturated rings. The van der Waals surface area contributed by atoms with Crippen LogP contribution >= 0.6 is 0 Å². The lowest BCUT2D eigenvalue weighted by molar-refractivity contribution is 0.216. The molecular weight excluding hydrogens is 271 g/mol. The van der Waals surface area contributed by atoms with Crippen LogP contribution in [0.2, 0.25) is 0 Å². The summed E-state index contributed by atoms with van der Waals surface area (Å²) < 4.78 is 48.5. The highest BCUT2D eigenvalue weighted by Crippen LogP contribution is 2.27. The summed E-state index contributed by atoms with van der Waals surface area (Å²) in [6, 6.07) is 13.7. The van der Waals surface area contributed by atoms with Crippen molar-refractivity contribution in [1.29, 1.82) is 0 Å². The third kappa shape index (κ3) is 3.85. The number of benzene rings is 2. The van der Waals surface area contributed by atoms with E-state index in [9.17, 15) is 12.8 Å². The van der Waals surface area contributed by atoms with E-state index in [2.05, 4.69) is 4.18 Å². The van der Waals surface area contributed by atoms with Gasteiger partial charge in [-0.2, -0.15) is 8.42 Å². The van der Waals surface area contributed by atoms with Gasteiger partial charge >= 0.3 is 10.4 Å². The Morgan fingerprint density at radius 1 is 1.00 bits per heavy atom. The summed E-state index contributed by atoms with van der Waals surface area (Å²) in [6.45, 7) is 0. The minimum atomic E-state index is -4.65. The first-order valence-corrected chi connectivity index (χ1v) is 6.78. The molecule has 0 heterocycles. The molecule has 19 heavy (non-hydrogen) atoms. The van der Waals surface area contributed by atoms with E-state index in [0.29, 0.717) is 11.1 Å². The molecule has 1 N–H and O–H groups in total. The topological polar surface area (TPSA) is 63.6 Å². The lowest BCUT2D eigenvalue weighted by Crippen LogP contribution is -2.12. The first kappa shape index (κ1) is 13.7. The zero-order chi connectivity index (χ0) is 13.9. The maximum atomic E-state index is 13.2. The molecule has 0 spiro atoms. The van der Waals surface area contributed by atoms with Gasteiger partial charge in [0.2, 0.25) is 0 Å². The van der Waals surface area contributed by atoms with Crippen LogP contribution in [0.15, 0.2) is 54.6 Å². The van der Waals surface area contributed by atoms with E-state index in [4.69, 9.17) is 4.55 Å². The highest BCUT2D eigenvalue weighted by atomic mass is 32.3. The van der Waals surface area contributed by atoms with Crippen LogP contribution in [0.3, 0.4) is 0 Å². The summed E-state index contributed by atoms with van der Waals surface area (Å²) in [5.74, 6) is -0.516. The maximum Gasteiger partial charge on any atom is 0.398 e. The smallest absolute Gasteiger partial charge is 0.264 e. The normalized spacial score (nSPS) is 13.2. The van der Waals surface area contributed by atoms with Gasteiger partial charge < -0.3 is 0 Å². The van der Waals surface area contributed by atoms with E-state index in [1.165, 1.54) is 18.2 Å². The highest BCUT2D eigenvalue weighted by molar-refractivity contribution is 7.80. The highest BCUT2D eigenvalue weighted by Gasteiger charge is 2.21. The van der Waals surface area contributed by atoms with E-state index >= 15 is 0 Å². The van der Waals surface area contributed by atoms with Crippen molar-refractivity contribution >= 4 is 10.4 Å². The molecule has 0 aliphatic heterocycles. The van der Waals surface area contributed by atoms with Gasteiger partial charge in [-0.25, -0.2) is 8.57 Å². The summed E-state index contributed by atoms with van der Waals surface area (Å²) in [4.78, 5) is 0. The van der Waals surface area contributed by atoms with Gasteiger partial charge in [-0.1, -0.05) is 42.5 Å². The summed E-state index contributed by atoms with van der Waals surface area (Å²) in [5, 5.41) is 0. The van der Waals surface area contributed by atoms with Crippen LogP contribution in [0.4, 0.5) is 4.39 Å². The third-order valence-electron chi connectivity index (χ3n) is 2.47. The lowest BCUT2D eigenvalue weighted by Gasteiger charge is -2.16. The average Bonchev–Trinajstić information content (AvgIpc) is 2.36. The predicted octanol–water partition coefficient (Wildman–Crippen LogP) is 2.73. The molecule has 0 aromatic heterocycles. The van der Waals surface area contributed by atoms with Crippen molar-refractivity contribution in [3.8, 4) is 0 Å². The maximum absolute atomic E-state index is 13.2. The first-order chi connectivity index (χ1) is 8.96. The van der Waals surface area contributed by atoms with Crippen molar-refractivity contribution in [3.63, 3.8) is 0 Å². The molecular formula is C13H11FO4S. The van der Waals surface area contributed by atoms with Crippen LogP contribution in [0.25, 0.3) is 0 Å². The molecule has 1 unspecified atom stereocenters. The molecule has 2 rings (SSSR count). The largest absolute Gasteiger partial charge is 0.398 e. The van der Waals surface area contributed by atoms with E-state index in [0.717, 1.165) is 6.07 Å². The quantitative estimate of drug-likeness (QED) is 0.876. The van der Waals surface area contributed by atoms with Gasteiger partial charge in [-0.05, 0) is 23.3 Å². The van der Waals surface area contributed by atoms with Crippen LogP contribution in [0, 0.1) is 5.82 Å². The lowest BCUT2D eigenvalue weighted by atomic mass is 10.0. The second kappa shape index (κ2) is 5.48. The van der Waals surface area contributed by atoms with Crippen LogP contribution in [0.5, 0.6) is 0 Å². The second-order valence-electron chi connectivity index (χ2n) is 3.87. The summed E-state index contributed by atoms with van der Waals surface area (Å²) in [5.41, 5.74) is 0.787. The molecule has 0 radical (unpaired) electrons. The van der Waals surface area contributed by atoms with Gasteiger partial charge in [0.05, 0.1) is 0 Å². The average molecular weight is 282 g/mol. The Hall–Kier alpha value is -1.76. The van der Waals surface area contributed by atoms with Crippen LogP contribution in [-0.4, -0.2) is 13.0 Å².